The zero-order valence-corrected chi connectivity index (χ0v) is 15.7. The topological polar surface area (TPSA) is 93.8 Å². The molecule has 1 aromatic heterocycles. The monoisotopic (exact) mass is 383 g/mol. The van der Waals surface area contributed by atoms with Crippen LogP contribution < -0.4 is 11.1 Å². The molecule has 0 radical (unpaired) electrons. The number of nitrogens with two attached hydrogens (primary N) is 1. The van der Waals surface area contributed by atoms with E-state index in [0.717, 1.165) is 41.0 Å². The lowest BCUT2D eigenvalue weighted by molar-refractivity contribution is -0.117. The van der Waals surface area contributed by atoms with Gasteiger partial charge in [0, 0.05) is 17.2 Å². The van der Waals surface area contributed by atoms with Crippen molar-refractivity contribution in [3.05, 3.63) is 51.9 Å². The van der Waals surface area contributed by atoms with Crippen molar-refractivity contribution >= 4 is 33.9 Å². The Morgan fingerprint density at radius 1 is 1.22 bits per heavy atom. The van der Waals surface area contributed by atoms with Crippen molar-refractivity contribution in [3.63, 3.8) is 0 Å². The van der Waals surface area contributed by atoms with Crippen molar-refractivity contribution in [1.82, 2.24) is 0 Å². The molecule has 2 aliphatic rings. The number of thiophene rings is 1. The van der Waals surface area contributed by atoms with Crippen LogP contribution in [0.2, 0.25) is 0 Å². The highest BCUT2D eigenvalue weighted by Crippen LogP contribution is 2.39. The van der Waals surface area contributed by atoms with Crippen LogP contribution in [0.15, 0.2) is 35.5 Å². The minimum atomic E-state index is -0.487. The van der Waals surface area contributed by atoms with Gasteiger partial charge in [0.15, 0.2) is 0 Å². The van der Waals surface area contributed by atoms with Crippen LogP contribution in [0, 0.1) is 5.92 Å². The average Bonchev–Trinajstić information content (AvgIpc) is 3.44. The number of nitrogens with one attached hydrogen (secondary N) is 1. The number of anilines is 1. The van der Waals surface area contributed by atoms with Gasteiger partial charge in [0.2, 0.25) is 5.91 Å². The van der Waals surface area contributed by atoms with Gasteiger partial charge in [0.1, 0.15) is 11.6 Å². The summed E-state index contributed by atoms with van der Waals surface area (Å²) in [6, 6.07) is 9.88. The smallest absolute Gasteiger partial charge is 0.251 e. The van der Waals surface area contributed by atoms with E-state index in [1.165, 1.54) is 11.3 Å². The third-order valence-corrected chi connectivity index (χ3v) is 5.97. The van der Waals surface area contributed by atoms with Gasteiger partial charge in [-0.25, -0.2) is 0 Å². The van der Waals surface area contributed by atoms with Crippen LogP contribution in [0.25, 0.3) is 0 Å². The molecule has 27 heavy (non-hydrogen) atoms. The van der Waals surface area contributed by atoms with Gasteiger partial charge in [-0.15, -0.1) is 11.3 Å². The van der Waals surface area contributed by atoms with Crippen molar-refractivity contribution < 1.29 is 14.4 Å². The number of hydrogen-bond acceptors (Lipinski definition) is 5. The largest absolute Gasteiger partial charge is 0.391 e. The molecule has 140 valence electrons. The summed E-state index contributed by atoms with van der Waals surface area (Å²) >= 11 is 1.43. The van der Waals surface area contributed by atoms with Crippen molar-refractivity contribution in [3.8, 4) is 0 Å². The summed E-state index contributed by atoms with van der Waals surface area (Å²) in [6.07, 6.45) is 3.84. The third-order valence-electron chi connectivity index (χ3n) is 4.82. The number of fused-ring (bicyclic) bond motifs is 1. The number of hydrogen-bond donors (Lipinski definition) is 2. The molecule has 0 unspecified atom stereocenters. The summed E-state index contributed by atoms with van der Waals surface area (Å²) in [4.78, 5) is 30.6. The second-order valence-electron chi connectivity index (χ2n) is 6.93. The maximum atomic E-state index is 12.1. The van der Waals surface area contributed by atoms with E-state index in [-0.39, 0.29) is 11.8 Å². The van der Waals surface area contributed by atoms with E-state index in [9.17, 15) is 9.59 Å². The first-order chi connectivity index (χ1) is 13.1. The number of nitrogens with zero attached hydrogens (tertiary/aromatic N) is 1. The molecule has 0 aliphatic heterocycles. The first-order valence-corrected chi connectivity index (χ1v) is 9.90. The summed E-state index contributed by atoms with van der Waals surface area (Å²) in [5.74, 6) is -0.427. The molecule has 1 saturated carbocycles. The summed E-state index contributed by atoms with van der Waals surface area (Å²) in [5.41, 5.74) is 9.01. The number of primary amides is 1. The fourth-order valence-corrected chi connectivity index (χ4v) is 4.51. The highest BCUT2D eigenvalue weighted by atomic mass is 32.1. The average molecular weight is 383 g/mol. The predicted octanol–water partition coefficient (Wildman–Crippen LogP) is 3.26. The molecule has 7 heteroatoms. The lowest BCUT2D eigenvalue weighted by Crippen LogP contribution is -2.20. The number of carbonyl (C=O) groups excluding carboxylic acids is 2. The van der Waals surface area contributed by atoms with Gasteiger partial charge >= 0.3 is 0 Å². The van der Waals surface area contributed by atoms with E-state index >= 15 is 0 Å². The first-order valence-electron chi connectivity index (χ1n) is 9.08. The van der Waals surface area contributed by atoms with Gasteiger partial charge in [-0.05, 0) is 36.8 Å². The highest BCUT2D eigenvalue weighted by molar-refractivity contribution is 7.17. The molecular formula is C20H21N3O3S. The molecule has 1 heterocycles. The molecule has 6 nitrogen and oxygen atoms in total. The van der Waals surface area contributed by atoms with E-state index < -0.39 is 5.91 Å². The Morgan fingerprint density at radius 2 is 2.00 bits per heavy atom. The highest BCUT2D eigenvalue weighted by Gasteiger charge is 2.32. The minimum Gasteiger partial charge on any atom is -0.391 e. The van der Waals surface area contributed by atoms with Crippen molar-refractivity contribution in [1.29, 1.82) is 0 Å². The Hall–Kier alpha value is -2.67. The quantitative estimate of drug-likeness (QED) is 0.750. The summed E-state index contributed by atoms with van der Waals surface area (Å²) in [7, 11) is 0. The van der Waals surface area contributed by atoms with Crippen LogP contribution in [0.5, 0.6) is 0 Å². The molecule has 2 aromatic rings. The molecule has 0 spiro atoms. The Balaban J connectivity index is 1.47. The van der Waals surface area contributed by atoms with E-state index in [1.807, 2.05) is 30.3 Å². The third kappa shape index (κ3) is 4.03. The number of rotatable bonds is 6. The SMILES string of the molecule is NC(=O)c1c(NC(=O)C2CC2)sc2c1CCC(=NOCc1ccccc1)C2. The Bertz CT molecular complexity index is 901. The van der Waals surface area contributed by atoms with Crippen LogP contribution in [0.4, 0.5) is 5.00 Å². The van der Waals surface area contributed by atoms with E-state index in [0.29, 0.717) is 30.0 Å². The fraction of sp³-hybridized carbons (Fsp3) is 0.350. The standard InChI is InChI=1S/C20H21N3O3S/c21-18(24)17-15-9-8-14(23-26-11-12-4-2-1-3-5-12)10-16(15)27-20(17)22-19(25)13-6-7-13/h1-5,13H,6-11H2,(H2,21,24)(H,22,25). The lowest BCUT2D eigenvalue weighted by Gasteiger charge is -2.14. The van der Waals surface area contributed by atoms with Crippen LogP contribution in [0.1, 0.15) is 45.6 Å². The summed E-state index contributed by atoms with van der Waals surface area (Å²) in [6.45, 7) is 0.427. The van der Waals surface area contributed by atoms with Crippen LogP contribution >= 0.6 is 11.3 Å². The number of oxime groups is 1. The van der Waals surface area contributed by atoms with Gasteiger partial charge in [-0.3, -0.25) is 9.59 Å². The molecule has 0 atom stereocenters. The zero-order valence-electron chi connectivity index (χ0n) is 14.9. The van der Waals surface area contributed by atoms with Gasteiger partial charge in [-0.1, -0.05) is 35.5 Å². The number of carbonyl (C=O) groups is 2. The molecule has 1 fully saturated rings. The van der Waals surface area contributed by atoms with Gasteiger partial charge in [-0.2, -0.15) is 0 Å². The van der Waals surface area contributed by atoms with E-state index in [2.05, 4.69) is 10.5 Å². The van der Waals surface area contributed by atoms with E-state index in [1.54, 1.807) is 0 Å². The zero-order chi connectivity index (χ0) is 18.8. The molecule has 1 aromatic carbocycles. The molecule has 0 saturated heterocycles. The van der Waals surface area contributed by atoms with Crippen molar-refractivity contribution in [2.45, 2.75) is 38.7 Å². The molecule has 2 aliphatic carbocycles. The minimum absolute atomic E-state index is 0.0174. The molecular weight excluding hydrogens is 362 g/mol. The Morgan fingerprint density at radius 3 is 2.70 bits per heavy atom. The maximum Gasteiger partial charge on any atom is 0.251 e. The van der Waals surface area contributed by atoms with Crippen molar-refractivity contribution in [2.24, 2.45) is 16.8 Å². The first kappa shape index (κ1) is 17.7. The van der Waals surface area contributed by atoms with Crippen LogP contribution in [-0.4, -0.2) is 17.5 Å². The number of amides is 2. The lowest BCUT2D eigenvalue weighted by atomic mass is 9.94. The predicted molar refractivity (Wildman–Crippen MR) is 105 cm³/mol. The van der Waals surface area contributed by atoms with E-state index in [4.69, 9.17) is 10.6 Å². The fourth-order valence-electron chi connectivity index (χ4n) is 3.22. The molecule has 2 amide bonds. The Labute approximate surface area is 161 Å². The normalized spacial score (nSPS) is 17.4. The number of benzene rings is 1. The summed E-state index contributed by atoms with van der Waals surface area (Å²) < 4.78 is 0. The van der Waals surface area contributed by atoms with Gasteiger partial charge in [0.05, 0.1) is 11.3 Å². The second kappa shape index (κ2) is 7.52. The maximum absolute atomic E-state index is 12.1. The van der Waals surface area contributed by atoms with Crippen LogP contribution in [-0.2, 0) is 29.1 Å². The molecule has 4 rings (SSSR count). The summed E-state index contributed by atoms with van der Waals surface area (Å²) in [5, 5.41) is 7.76. The molecule has 3 N–H and O–H groups in total. The van der Waals surface area contributed by atoms with Gasteiger partial charge < -0.3 is 15.9 Å². The second-order valence-corrected chi connectivity index (χ2v) is 8.03. The molecule has 0 bridgehead atoms. The van der Waals surface area contributed by atoms with Crippen LogP contribution in [0.3, 0.4) is 0 Å². The van der Waals surface area contributed by atoms with Gasteiger partial charge in [0.25, 0.3) is 5.91 Å². The van der Waals surface area contributed by atoms with Crippen molar-refractivity contribution in [2.75, 3.05) is 5.32 Å². The Kier molecular flexibility index (Phi) is 4.94.